The number of sulfonamides is 1. The number of fused-ring (bicyclic) bond motifs is 1. The van der Waals surface area contributed by atoms with Gasteiger partial charge in [-0.3, -0.25) is 5.10 Å². The zero-order chi connectivity index (χ0) is 22.8. The molecule has 0 bridgehead atoms. The van der Waals surface area contributed by atoms with Crippen molar-refractivity contribution in [2.45, 2.75) is 42.5 Å². The van der Waals surface area contributed by atoms with Gasteiger partial charge in [-0.05, 0) is 42.3 Å². The summed E-state index contributed by atoms with van der Waals surface area (Å²) in [7, 11) is -4.14. The number of H-pyrrole nitrogens is 1. The van der Waals surface area contributed by atoms with Gasteiger partial charge >= 0.3 is 6.18 Å². The highest BCUT2D eigenvalue weighted by molar-refractivity contribution is 7.89. The average molecular weight is 458 g/mol. The van der Waals surface area contributed by atoms with Crippen LogP contribution in [0.15, 0.2) is 35.2 Å². The SMILES string of the molecule is Cc1cc(S(=O)(=O)NC2CC(O)(C(F)(F)F)C2)ccc1-c1ccc2[nH]nc(N)c2c1F. The number of nitrogens with zero attached hydrogens (tertiary/aromatic N) is 1. The highest BCUT2D eigenvalue weighted by atomic mass is 32.2. The maximum atomic E-state index is 15.0. The normalized spacial score (nSPS) is 21.9. The number of anilines is 1. The molecule has 0 amide bonds. The van der Waals surface area contributed by atoms with Crippen LogP contribution in [-0.4, -0.2) is 41.5 Å². The lowest BCUT2D eigenvalue weighted by molar-refractivity contribution is -0.290. The lowest BCUT2D eigenvalue weighted by Crippen LogP contribution is -2.62. The topological polar surface area (TPSA) is 121 Å². The van der Waals surface area contributed by atoms with E-state index in [2.05, 4.69) is 14.9 Å². The van der Waals surface area contributed by atoms with Crippen molar-refractivity contribution in [3.63, 3.8) is 0 Å². The van der Waals surface area contributed by atoms with Gasteiger partial charge in [-0.1, -0.05) is 6.07 Å². The highest BCUT2D eigenvalue weighted by Gasteiger charge is 2.61. The van der Waals surface area contributed by atoms with Crippen molar-refractivity contribution in [2.75, 3.05) is 5.73 Å². The van der Waals surface area contributed by atoms with Gasteiger partial charge < -0.3 is 10.8 Å². The Balaban J connectivity index is 1.60. The standard InChI is InChI=1S/C19H18F4N4O3S/c1-9-6-11(31(29,30)27-10-7-18(28,8-10)19(21,22)23)2-3-12(9)13-4-5-14-15(16(13)20)17(24)26-25-14/h2-6,10,27-28H,7-8H2,1H3,(H3,24,25,26). The molecule has 4 rings (SSSR count). The van der Waals surface area contributed by atoms with Crippen LogP contribution in [0.3, 0.4) is 0 Å². The number of aryl methyl sites for hydroxylation is 1. The number of nitrogens with one attached hydrogen (secondary N) is 2. The first-order chi connectivity index (χ1) is 14.3. The molecule has 5 N–H and O–H groups in total. The van der Waals surface area contributed by atoms with Crippen molar-refractivity contribution in [1.29, 1.82) is 0 Å². The predicted molar refractivity (Wildman–Crippen MR) is 105 cm³/mol. The fourth-order valence-corrected chi connectivity index (χ4v) is 5.09. The summed E-state index contributed by atoms with van der Waals surface area (Å²) in [5.41, 5.74) is 4.29. The number of aromatic nitrogens is 2. The van der Waals surface area contributed by atoms with Crippen LogP contribution in [0.2, 0.25) is 0 Å². The molecular weight excluding hydrogens is 440 g/mol. The van der Waals surface area contributed by atoms with Gasteiger partial charge in [-0.15, -0.1) is 0 Å². The molecule has 0 radical (unpaired) electrons. The number of alkyl halides is 3. The van der Waals surface area contributed by atoms with Crippen LogP contribution >= 0.6 is 0 Å². The molecule has 31 heavy (non-hydrogen) atoms. The molecule has 1 aromatic heterocycles. The molecule has 7 nitrogen and oxygen atoms in total. The first-order valence-corrected chi connectivity index (χ1v) is 10.7. The van der Waals surface area contributed by atoms with Gasteiger partial charge in [0, 0.05) is 24.4 Å². The number of aromatic amines is 1. The van der Waals surface area contributed by atoms with E-state index in [4.69, 9.17) is 5.73 Å². The van der Waals surface area contributed by atoms with E-state index < -0.39 is 46.5 Å². The Morgan fingerprint density at radius 2 is 1.87 bits per heavy atom. The molecule has 1 aliphatic rings. The molecule has 0 spiro atoms. The second-order valence-corrected chi connectivity index (χ2v) is 9.41. The van der Waals surface area contributed by atoms with Crippen LogP contribution < -0.4 is 10.5 Å². The maximum Gasteiger partial charge on any atom is 0.417 e. The number of hydrogen-bond acceptors (Lipinski definition) is 5. The van der Waals surface area contributed by atoms with Gasteiger partial charge in [0.2, 0.25) is 10.0 Å². The molecular formula is C19H18F4N4O3S. The smallest absolute Gasteiger partial charge is 0.382 e. The molecule has 1 saturated carbocycles. The summed E-state index contributed by atoms with van der Waals surface area (Å²) < 4.78 is 80.5. The Morgan fingerprint density at radius 3 is 2.48 bits per heavy atom. The van der Waals surface area contributed by atoms with Crippen LogP contribution in [0.5, 0.6) is 0 Å². The minimum Gasteiger partial charge on any atom is -0.382 e. The van der Waals surface area contributed by atoms with Crippen LogP contribution in [-0.2, 0) is 10.0 Å². The number of halogens is 4. The van der Waals surface area contributed by atoms with E-state index in [1.54, 1.807) is 13.0 Å². The van der Waals surface area contributed by atoms with Gasteiger partial charge in [-0.2, -0.15) is 18.3 Å². The summed E-state index contributed by atoms with van der Waals surface area (Å²) in [6, 6.07) is 6.02. The highest BCUT2D eigenvalue weighted by Crippen LogP contribution is 2.45. The first-order valence-electron chi connectivity index (χ1n) is 9.17. The van der Waals surface area contributed by atoms with E-state index >= 15 is 0 Å². The minimum atomic E-state index is -4.82. The number of aliphatic hydroxyl groups is 1. The molecule has 0 unspecified atom stereocenters. The fourth-order valence-electron chi connectivity index (χ4n) is 3.77. The Hall–Kier alpha value is -2.70. The van der Waals surface area contributed by atoms with E-state index in [-0.39, 0.29) is 21.7 Å². The number of nitrogens with two attached hydrogens (primary N) is 1. The summed E-state index contributed by atoms with van der Waals surface area (Å²) in [6.45, 7) is 1.59. The molecule has 1 heterocycles. The zero-order valence-electron chi connectivity index (χ0n) is 16.1. The third-order valence-electron chi connectivity index (χ3n) is 5.51. The molecule has 12 heteroatoms. The summed E-state index contributed by atoms with van der Waals surface area (Å²) in [5, 5.41) is 16.0. The lowest BCUT2D eigenvalue weighted by Gasteiger charge is -2.44. The first kappa shape index (κ1) is 21.5. The van der Waals surface area contributed by atoms with Gasteiger partial charge in [0.15, 0.2) is 11.4 Å². The van der Waals surface area contributed by atoms with Crippen molar-refractivity contribution in [3.8, 4) is 11.1 Å². The van der Waals surface area contributed by atoms with Gasteiger partial charge in [0.25, 0.3) is 0 Å². The second-order valence-electron chi connectivity index (χ2n) is 7.69. The van der Waals surface area contributed by atoms with Crippen molar-refractivity contribution in [2.24, 2.45) is 0 Å². The zero-order valence-corrected chi connectivity index (χ0v) is 16.9. The molecule has 1 aliphatic carbocycles. The van der Waals surface area contributed by atoms with Crippen LogP contribution in [0.1, 0.15) is 18.4 Å². The molecule has 166 valence electrons. The molecule has 0 atom stereocenters. The predicted octanol–water partition coefficient (Wildman–Crippen LogP) is 2.99. The third-order valence-corrected chi connectivity index (χ3v) is 7.03. The summed E-state index contributed by atoms with van der Waals surface area (Å²) in [6.07, 6.45) is -6.34. The molecule has 3 aromatic rings. The van der Waals surface area contributed by atoms with Crippen LogP contribution in [0.25, 0.3) is 22.0 Å². The third kappa shape index (κ3) is 3.54. The number of nitrogen functional groups attached to an aromatic ring is 1. The Kier molecular flexibility index (Phi) is 4.79. The largest absolute Gasteiger partial charge is 0.417 e. The van der Waals surface area contributed by atoms with E-state index in [0.29, 0.717) is 16.6 Å². The van der Waals surface area contributed by atoms with Crippen molar-refractivity contribution in [3.05, 3.63) is 41.7 Å². The minimum absolute atomic E-state index is 0.00489. The lowest BCUT2D eigenvalue weighted by atomic mass is 9.76. The Bertz CT molecular complexity index is 1280. The monoisotopic (exact) mass is 458 g/mol. The van der Waals surface area contributed by atoms with E-state index in [9.17, 15) is 31.1 Å². The van der Waals surface area contributed by atoms with Gasteiger partial charge in [0.1, 0.15) is 5.82 Å². The molecule has 0 aliphatic heterocycles. The van der Waals surface area contributed by atoms with E-state index in [0.717, 1.165) is 0 Å². The van der Waals surface area contributed by atoms with Gasteiger partial charge in [0.05, 0.1) is 15.8 Å². The van der Waals surface area contributed by atoms with E-state index in [1.165, 1.54) is 24.3 Å². The second kappa shape index (κ2) is 6.90. The Morgan fingerprint density at radius 1 is 1.23 bits per heavy atom. The number of rotatable bonds is 4. The van der Waals surface area contributed by atoms with Crippen molar-refractivity contribution in [1.82, 2.24) is 14.9 Å². The summed E-state index contributed by atoms with van der Waals surface area (Å²) in [5.74, 6) is -0.615. The quantitative estimate of drug-likeness (QED) is 0.448. The Labute approximate surface area is 174 Å². The molecule has 0 saturated heterocycles. The maximum absolute atomic E-state index is 15.0. The van der Waals surface area contributed by atoms with Crippen molar-refractivity contribution < 1.29 is 31.1 Å². The van der Waals surface area contributed by atoms with Crippen LogP contribution in [0.4, 0.5) is 23.4 Å². The molecule has 1 fully saturated rings. The van der Waals surface area contributed by atoms with Crippen LogP contribution in [0, 0.1) is 12.7 Å². The molecule has 2 aromatic carbocycles. The number of benzene rings is 2. The number of hydrogen-bond donors (Lipinski definition) is 4. The van der Waals surface area contributed by atoms with Crippen molar-refractivity contribution >= 4 is 26.7 Å². The summed E-state index contributed by atoms with van der Waals surface area (Å²) in [4.78, 5) is -0.180. The fraction of sp³-hybridized carbons (Fsp3) is 0.316. The summed E-state index contributed by atoms with van der Waals surface area (Å²) >= 11 is 0. The average Bonchev–Trinajstić information content (AvgIpc) is 3.02. The van der Waals surface area contributed by atoms with Gasteiger partial charge in [-0.25, -0.2) is 17.5 Å². The van der Waals surface area contributed by atoms with E-state index in [1.807, 2.05) is 0 Å².